The third kappa shape index (κ3) is 2.86. The Kier molecular flexibility index (Phi) is 4.18. The molecular weight excluding hydrogens is 276 g/mol. The number of pyridine rings is 2. The molecule has 22 heavy (non-hydrogen) atoms. The predicted octanol–water partition coefficient (Wildman–Crippen LogP) is 3.40. The summed E-state index contributed by atoms with van der Waals surface area (Å²) in [7, 11) is 0. The molecule has 0 radical (unpaired) electrons. The maximum atomic E-state index is 11.0. The van der Waals surface area contributed by atoms with Gasteiger partial charge in [-0.1, -0.05) is 6.92 Å². The van der Waals surface area contributed by atoms with Crippen LogP contribution in [0.2, 0.25) is 0 Å². The maximum Gasteiger partial charge on any atom is 0.335 e. The smallest absolute Gasteiger partial charge is 0.335 e. The average molecular weight is 296 g/mol. The lowest BCUT2D eigenvalue weighted by atomic mass is 9.98. The second-order valence-electron chi connectivity index (χ2n) is 5.80. The topological polar surface area (TPSA) is 63.1 Å². The first-order chi connectivity index (χ1) is 10.7. The monoisotopic (exact) mass is 296 g/mol. The van der Waals surface area contributed by atoms with Gasteiger partial charge in [0.25, 0.3) is 0 Å². The molecule has 1 atom stereocenters. The SMILES string of the molecule is CCc1ccnc2c1CCC2CCc1cc(C(=O)O)ccn1. The Hall–Kier alpha value is -2.23. The number of nitrogens with zero attached hydrogens (tertiary/aromatic N) is 2. The van der Waals surface area contributed by atoms with Gasteiger partial charge >= 0.3 is 5.97 Å². The second kappa shape index (κ2) is 6.26. The minimum absolute atomic E-state index is 0.309. The number of aryl methyl sites for hydroxylation is 2. The number of rotatable bonds is 5. The molecule has 3 rings (SSSR count). The van der Waals surface area contributed by atoms with Gasteiger partial charge in [-0.25, -0.2) is 4.79 Å². The Morgan fingerprint density at radius 1 is 1.32 bits per heavy atom. The summed E-state index contributed by atoms with van der Waals surface area (Å²) in [6, 6.07) is 5.33. The molecule has 0 fully saturated rings. The molecule has 2 heterocycles. The molecule has 1 unspecified atom stereocenters. The van der Waals surface area contributed by atoms with E-state index < -0.39 is 5.97 Å². The van der Waals surface area contributed by atoms with Crippen LogP contribution in [-0.2, 0) is 19.3 Å². The van der Waals surface area contributed by atoms with E-state index in [-0.39, 0.29) is 0 Å². The number of hydrogen-bond donors (Lipinski definition) is 1. The molecule has 114 valence electrons. The Balaban J connectivity index is 1.72. The molecular formula is C18H20N2O2. The molecule has 0 saturated heterocycles. The van der Waals surface area contributed by atoms with Crippen LogP contribution in [0, 0.1) is 0 Å². The summed E-state index contributed by atoms with van der Waals surface area (Å²) in [5, 5.41) is 9.04. The number of hydrogen-bond acceptors (Lipinski definition) is 3. The number of carbonyl (C=O) groups is 1. The molecule has 0 spiro atoms. The Morgan fingerprint density at radius 2 is 2.14 bits per heavy atom. The molecule has 2 aromatic rings. The van der Waals surface area contributed by atoms with Gasteiger partial charge in [0.2, 0.25) is 0 Å². The molecule has 0 amide bonds. The molecule has 4 heteroatoms. The third-order valence-electron chi connectivity index (χ3n) is 4.51. The van der Waals surface area contributed by atoms with E-state index >= 15 is 0 Å². The zero-order chi connectivity index (χ0) is 15.5. The number of carboxylic acids is 1. The van der Waals surface area contributed by atoms with Gasteiger partial charge in [0.1, 0.15) is 0 Å². The summed E-state index contributed by atoms with van der Waals surface area (Å²) >= 11 is 0. The zero-order valence-corrected chi connectivity index (χ0v) is 12.7. The van der Waals surface area contributed by atoms with E-state index in [1.807, 2.05) is 6.20 Å². The standard InChI is InChI=1S/C18H20N2O2/c1-2-12-7-10-20-17-13(4-6-16(12)17)3-5-15-11-14(18(21)22)8-9-19-15/h7-11,13H,2-6H2,1H3,(H,21,22). The van der Waals surface area contributed by atoms with Crippen LogP contribution in [0.4, 0.5) is 0 Å². The van der Waals surface area contributed by atoms with Crippen molar-refractivity contribution in [3.8, 4) is 0 Å². The fourth-order valence-electron chi connectivity index (χ4n) is 3.33. The minimum Gasteiger partial charge on any atom is -0.478 e. The molecule has 0 bridgehead atoms. The van der Waals surface area contributed by atoms with Crippen LogP contribution >= 0.6 is 0 Å². The lowest BCUT2D eigenvalue weighted by Gasteiger charge is -2.11. The molecule has 1 aliphatic rings. The molecule has 2 aromatic heterocycles. The quantitative estimate of drug-likeness (QED) is 0.918. The summed E-state index contributed by atoms with van der Waals surface area (Å²) in [4.78, 5) is 19.9. The Labute approximate surface area is 130 Å². The van der Waals surface area contributed by atoms with Crippen molar-refractivity contribution in [3.63, 3.8) is 0 Å². The van der Waals surface area contributed by atoms with Gasteiger partial charge in [0, 0.05) is 29.7 Å². The predicted molar refractivity (Wildman–Crippen MR) is 84.2 cm³/mol. The van der Waals surface area contributed by atoms with Gasteiger partial charge in [0.05, 0.1) is 5.56 Å². The van der Waals surface area contributed by atoms with Crippen LogP contribution < -0.4 is 0 Å². The van der Waals surface area contributed by atoms with E-state index in [1.165, 1.54) is 22.9 Å². The van der Waals surface area contributed by atoms with Gasteiger partial charge in [-0.3, -0.25) is 9.97 Å². The molecule has 0 aliphatic heterocycles. The van der Waals surface area contributed by atoms with Crippen molar-refractivity contribution in [2.75, 3.05) is 0 Å². The van der Waals surface area contributed by atoms with Crippen LogP contribution in [0.5, 0.6) is 0 Å². The summed E-state index contributed by atoms with van der Waals surface area (Å²) in [6.07, 6.45) is 8.57. The highest BCUT2D eigenvalue weighted by molar-refractivity contribution is 5.87. The first-order valence-corrected chi connectivity index (χ1v) is 7.84. The van der Waals surface area contributed by atoms with Gasteiger partial charge in [-0.15, -0.1) is 0 Å². The number of carboxylic acid groups (broad SMARTS) is 1. The molecule has 0 saturated carbocycles. The van der Waals surface area contributed by atoms with Gasteiger partial charge in [-0.05, 0) is 61.4 Å². The zero-order valence-electron chi connectivity index (χ0n) is 12.7. The van der Waals surface area contributed by atoms with Crippen molar-refractivity contribution in [1.82, 2.24) is 9.97 Å². The molecule has 4 nitrogen and oxygen atoms in total. The number of aromatic nitrogens is 2. The summed E-state index contributed by atoms with van der Waals surface area (Å²) in [5.74, 6) is -0.430. The van der Waals surface area contributed by atoms with Crippen molar-refractivity contribution < 1.29 is 9.90 Å². The fourth-order valence-corrected chi connectivity index (χ4v) is 3.33. The molecule has 1 aliphatic carbocycles. The molecule has 0 aromatic carbocycles. The summed E-state index contributed by atoms with van der Waals surface area (Å²) in [6.45, 7) is 2.18. The Morgan fingerprint density at radius 3 is 2.91 bits per heavy atom. The second-order valence-corrected chi connectivity index (χ2v) is 5.80. The first-order valence-electron chi connectivity index (χ1n) is 7.84. The van der Waals surface area contributed by atoms with Crippen LogP contribution in [0.15, 0.2) is 30.6 Å². The third-order valence-corrected chi connectivity index (χ3v) is 4.51. The highest BCUT2D eigenvalue weighted by Gasteiger charge is 2.25. The minimum atomic E-state index is -0.899. The van der Waals surface area contributed by atoms with E-state index in [4.69, 9.17) is 5.11 Å². The van der Waals surface area contributed by atoms with Crippen molar-refractivity contribution in [2.24, 2.45) is 0 Å². The van der Waals surface area contributed by atoms with E-state index in [2.05, 4.69) is 23.0 Å². The van der Waals surface area contributed by atoms with E-state index in [1.54, 1.807) is 12.3 Å². The summed E-state index contributed by atoms with van der Waals surface area (Å²) in [5.41, 5.74) is 5.25. The lowest BCUT2D eigenvalue weighted by molar-refractivity contribution is 0.0696. The van der Waals surface area contributed by atoms with Gasteiger partial charge < -0.3 is 5.11 Å². The van der Waals surface area contributed by atoms with Crippen molar-refractivity contribution in [3.05, 3.63) is 58.7 Å². The average Bonchev–Trinajstić information content (AvgIpc) is 2.96. The van der Waals surface area contributed by atoms with Crippen molar-refractivity contribution in [2.45, 2.75) is 44.9 Å². The maximum absolute atomic E-state index is 11.0. The summed E-state index contributed by atoms with van der Waals surface area (Å²) < 4.78 is 0. The number of fused-ring (bicyclic) bond motifs is 1. The van der Waals surface area contributed by atoms with Crippen LogP contribution in [-0.4, -0.2) is 21.0 Å². The van der Waals surface area contributed by atoms with Gasteiger partial charge in [-0.2, -0.15) is 0 Å². The molecule has 1 N–H and O–H groups in total. The van der Waals surface area contributed by atoms with E-state index in [0.29, 0.717) is 11.5 Å². The van der Waals surface area contributed by atoms with Gasteiger partial charge in [0.15, 0.2) is 0 Å². The number of aromatic carboxylic acids is 1. The Bertz CT molecular complexity index is 697. The highest BCUT2D eigenvalue weighted by Crippen LogP contribution is 2.36. The highest BCUT2D eigenvalue weighted by atomic mass is 16.4. The van der Waals surface area contributed by atoms with Crippen molar-refractivity contribution in [1.29, 1.82) is 0 Å². The normalized spacial score (nSPS) is 16.5. The van der Waals surface area contributed by atoms with E-state index in [9.17, 15) is 4.79 Å². The van der Waals surface area contributed by atoms with Crippen molar-refractivity contribution >= 4 is 5.97 Å². The first kappa shape index (κ1) is 14.7. The van der Waals surface area contributed by atoms with Crippen LogP contribution in [0.1, 0.15) is 58.6 Å². The van der Waals surface area contributed by atoms with Crippen LogP contribution in [0.25, 0.3) is 0 Å². The largest absolute Gasteiger partial charge is 0.478 e. The van der Waals surface area contributed by atoms with E-state index in [0.717, 1.165) is 37.8 Å². The lowest BCUT2D eigenvalue weighted by Crippen LogP contribution is -2.03. The van der Waals surface area contributed by atoms with Crippen LogP contribution in [0.3, 0.4) is 0 Å². The fraction of sp³-hybridized carbons (Fsp3) is 0.389.